The molecule has 4 rings (SSSR count). The van der Waals surface area contributed by atoms with Crippen molar-refractivity contribution in [3.63, 3.8) is 0 Å². The second kappa shape index (κ2) is 5.84. The molecule has 0 spiro atoms. The summed E-state index contributed by atoms with van der Waals surface area (Å²) < 4.78 is 44.8. The van der Waals surface area contributed by atoms with Gasteiger partial charge in [0.1, 0.15) is 5.60 Å². The molecule has 1 fully saturated rings. The summed E-state index contributed by atoms with van der Waals surface area (Å²) in [5.74, 6) is -0.323. The molecule has 0 unspecified atom stereocenters. The van der Waals surface area contributed by atoms with E-state index in [0.717, 1.165) is 12.1 Å². The van der Waals surface area contributed by atoms with Gasteiger partial charge < -0.3 is 10.5 Å². The number of nitrogens with two attached hydrogens (primary N) is 1. The lowest BCUT2D eigenvalue weighted by Crippen LogP contribution is -2.54. The number of fused-ring (bicyclic) bond motifs is 2. The van der Waals surface area contributed by atoms with Crippen molar-refractivity contribution in [2.24, 2.45) is 11.1 Å². The predicted molar refractivity (Wildman–Crippen MR) is 93.1 cm³/mol. The van der Waals surface area contributed by atoms with Crippen LogP contribution < -0.4 is 5.73 Å². The molecule has 1 aromatic carbocycles. The number of hydrogen-bond acceptors (Lipinski definition) is 3. The third-order valence-electron chi connectivity index (χ3n) is 5.30. The van der Waals surface area contributed by atoms with Crippen LogP contribution in [0.5, 0.6) is 0 Å². The topological polar surface area (TPSA) is 52.3 Å². The largest absolute Gasteiger partial charge is 0.459 e. The third-order valence-corrected chi connectivity index (χ3v) is 5.30. The van der Waals surface area contributed by atoms with Crippen molar-refractivity contribution in [1.82, 2.24) is 0 Å². The SMILES string of the molecule is CC(C)(C)OC(=O)C12C=C(c3cccc(C(F)(F)F)c3)C(N)(CC1)CC2. The van der Waals surface area contributed by atoms with Gasteiger partial charge in [0.15, 0.2) is 0 Å². The highest BCUT2D eigenvalue weighted by molar-refractivity contribution is 5.87. The van der Waals surface area contributed by atoms with E-state index < -0.39 is 28.3 Å². The summed E-state index contributed by atoms with van der Waals surface area (Å²) in [5, 5.41) is 0. The third kappa shape index (κ3) is 3.39. The van der Waals surface area contributed by atoms with Gasteiger partial charge in [-0.25, -0.2) is 0 Å². The minimum atomic E-state index is -4.42. The Morgan fingerprint density at radius 2 is 1.73 bits per heavy atom. The minimum Gasteiger partial charge on any atom is -0.459 e. The van der Waals surface area contributed by atoms with Gasteiger partial charge in [-0.2, -0.15) is 13.2 Å². The van der Waals surface area contributed by atoms with Crippen LogP contribution in [0, 0.1) is 5.41 Å². The second-order valence-electron chi connectivity index (χ2n) is 8.45. The molecule has 0 saturated heterocycles. The van der Waals surface area contributed by atoms with Gasteiger partial charge >= 0.3 is 12.1 Å². The van der Waals surface area contributed by atoms with E-state index in [2.05, 4.69) is 0 Å². The smallest absolute Gasteiger partial charge is 0.416 e. The van der Waals surface area contributed by atoms with Gasteiger partial charge in [-0.05, 0) is 69.7 Å². The van der Waals surface area contributed by atoms with E-state index in [9.17, 15) is 18.0 Å². The standard InChI is InChI=1S/C20H24F3NO2/c1-17(2,3)26-16(25)18-7-9-19(24,10-8-18)15(12-18)13-5-4-6-14(11-13)20(21,22)23/h4-6,11-12H,7-10,24H2,1-3H3. The van der Waals surface area contributed by atoms with Gasteiger partial charge in [0.05, 0.1) is 11.0 Å². The van der Waals surface area contributed by atoms with Gasteiger partial charge in [-0.3, -0.25) is 4.79 Å². The molecule has 0 amide bonds. The van der Waals surface area contributed by atoms with Crippen LogP contribution in [0.4, 0.5) is 13.2 Å². The van der Waals surface area contributed by atoms with Crippen molar-refractivity contribution in [2.75, 3.05) is 0 Å². The first-order valence-electron chi connectivity index (χ1n) is 8.78. The summed E-state index contributed by atoms with van der Waals surface area (Å²) in [6.07, 6.45) is -0.442. The Morgan fingerprint density at radius 1 is 1.12 bits per heavy atom. The maximum absolute atomic E-state index is 13.1. The number of carbonyl (C=O) groups is 1. The Balaban J connectivity index is 2.04. The van der Waals surface area contributed by atoms with Gasteiger partial charge in [0.25, 0.3) is 0 Å². The molecule has 3 aliphatic carbocycles. The summed E-state index contributed by atoms with van der Waals surface area (Å²) in [7, 11) is 0. The van der Waals surface area contributed by atoms with Crippen LogP contribution in [0.2, 0.25) is 0 Å². The van der Waals surface area contributed by atoms with Crippen molar-refractivity contribution in [3.05, 3.63) is 41.5 Å². The monoisotopic (exact) mass is 367 g/mol. The molecular weight excluding hydrogens is 343 g/mol. The molecule has 6 heteroatoms. The molecule has 0 atom stereocenters. The van der Waals surface area contributed by atoms with Crippen LogP contribution in [0.1, 0.15) is 57.6 Å². The molecule has 3 aliphatic rings. The Bertz CT molecular complexity index is 751. The van der Waals surface area contributed by atoms with Gasteiger partial charge in [-0.15, -0.1) is 0 Å². The quantitative estimate of drug-likeness (QED) is 0.771. The number of esters is 1. The molecule has 0 radical (unpaired) electrons. The summed E-state index contributed by atoms with van der Waals surface area (Å²) in [6, 6.07) is 5.16. The fraction of sp³-hybridized carbons (Fsp3) is 0.550. The number of benzene rings is 1. The molecule has 2 N–H and O–H groups in total. The molecular formula is C20H24F3NO2. The normalized spacial score (nSPS) is 28.7. The highest BCUT2D eigenvalue weighted by Crippen LogP contribution is 2.54. The van der Waals surface area contributed by atoms with Crippen LogP contribution in [-0.2, 0) is 15.7 Å². The lowest BCUT2D eigenvalue weighted by molar-refractivity contribution is -0.167. The number of carbonyl (C=O) groups excluding carboxylic acids is 1. The molecule has 26 heavy (non-hydrogen) atoms. The molecule has 0 aliphatic heterocycles. The molecule has 142 valence electrons. The van der Waals surface area contributed by atoms with Crippen molar-refractivity contribution < 1.29 is 22.7 Å². The number of rotatable bonds is 2. The van der Waals surface area contributed by atoms with E-state index in [1.54, 1.807) is 32.9 Å². The maximum atomic E-state index is 13.1. The highest BCUT2D eigenvalue weighted by atomic mass is 19.4. The average molecular weight is 367 g/mol. The van der Waals surface area contributed by atoms with Gasteiger partial charge in [-0.1, -0.05) is 18.2 Å². The fourth-order valence-electron chi connectivity index (χ4n) is 3.85. The summed E-state index contributed by atoms with van der Waals surface area (Å²) in [5.41, 5.74) is 4.72. The first kappa shape index (κ1) is 19.0. The number of alkyl halides is 3. The molecule has 0 heterocycles. The Morgan fingerprint density at radius 3 is 2.27 bits per heavy atom. The van der Waals surface area contributed by atoms with E-state index in [-0.39, 0.29) is 5.97 Å². The Kier molecular flexibility index (Phi) is 4.26. The van der Waals surface area contributed by atoms with Crippen molar-refractivity contribution in [3.8, 4) is 0 Å². The maximum Gasteiger partial charge on any atom is 0.416 e. The van der Waals surface area contributed by atoms with Crippen LogP contribution >= 0.6 is 0 Å². The molecule has 3 nitrogen and oxygen atoms in total. The van der Waals surface area contributed by atoms with Crippen molar-refractivity contribution in [2.45, 2.75) is 63.8 Å². The van der Waals surface area contributed by atoms with Crippen LogP contribution in [0.3, 0.4) is 0 Å². The van der Waals surface area contributed by atoms with Crippen LogP contribution in [0.25, 0.3) is 5.57 Å². The Labute approximate surface area is 151 Å². The summed E-state index contributed by atoms with van der Waals surface area (Å²) in [4.78, 5) is 12.8. The minimum absolute atomic E-state index is 0.323. The zero-order chi connectivity index (χ0) is 19.4. The number of hydrogen-bond donors (Lipinski definition) is 1. The second-order valence-corrected chi connectivity index (χ2v) is 8.45. The number of ether oxygens (including phenoxy) is 1. The summed E-state index contributed by atoms with van der Waals surface area (Å²) in [6.45, 7) is 5.41. The fourth-order valence-corrected chi connectivity index (χ4v) is 3.85. The molecule has 0 aromatic heterocycles. The first-order chi connectivity index (χ1) is 11.8. The molecule has 2 bridgehead atoms. The summed E-state index contributed by atoms with van der Waals surface area (Å²) >= 11 is 0. The van der Waals surface area contributed by atoms with E-state index >= 15 is 0 Å². The van der Waals surface area contributed by atoms with E-state index in [1.807, 2.05) is 0 Å². The Hall–Kier alpha value is -1.82. The zero-order valence-corrected chi connectivity index (χ0v) is 15.2. The lowest BCUT2D eigenvalue weighted by atomic mass is 9.57. The highest BCUT2D eigenvalue weighted by Gasteiger charge is 2.52. The lowest BCUT2D eigenvalue weighted by Gasteiger charge is -2.49. The number of halogens is 3. The van der Waals surface area contributed by atoms with E-state index in [1.165, 1.54) is 6.07 Å². The first-order valence-corrected chi connectivity index (χ1v) is 8.78. The van der Waals surface area contributed by atoms with E-state index in [4.69, 9.17) is 10.5 Å². The van der Waals surface area contributed by atoms with Gasteiger partial charge in [0.2, 0.25) is 0 Å². The van der Waals surface area contributed by atoms with Gasteiger partial charge in [0, 0.05) is 5.54 Å². The zero-order valence-electron chi connectivity index (χ0n) is 15.2. The van der Waals surface area contributed by atoms with Crippen LogP contribution in [0.15, 0.2) is 30.3 Å². The van der Waals surface area contributed by atoms with E-state index in [0.29, 0.717) is 36.8 Å². The van der Waals surface area contributed by atoms with Crippen LogP contribution in [-0.4, -0.2) is 17.1 Å². The molecule has 1 aromatic rings. The predicted octanol–water partition coefficient (Wildman–Crippen LogP) is 4.70. The van der Waals surface area contributed by atoms with Crippen molar-refractivity contribution >= 4 is 11.5 Å². The molecule has 1 saturated carbocycles. The average Bonchev–Trinajstić information content (AvgIpc) is 2.53. The van der Waals surface area contributed by atoms with Crippen molar-refractivity contribution in [1.29, 1.82) is 0 Å².